The number of piperazine rings is 1. The van der Waals surface area contributed by atoms with Crippen molar-refractivity contribution in [1.29, 1.82) is 0 Å². The van der Waals surface area contributed by atoms with Gasteiger partial charge in [0.15, 0.2) is 0 Å². The number of carbonyl (C=O) groups excluding carboxylic acids is 2. The van der Waals surface area contributed by atoms with Crippen LogP contribution in [0.4, 0.5) is 11.8 Å². The first-order valence-corrected chi connectivity index (χ1v) is 11.1. The third-order valence-electron chi connectivity index (χ3n) is 5.43. The fraction of sp³-hybridized carbons (Fsp3) is 0.286. The van der Waals surface area contributed by atoms with Crippen molar-refractivity contribution < 1.29 is 14.3 Å². The van der Waals surface area contributed by atoms with Crippen LogP contribution in [0.25, 0.3) is 15.9 Å². The number of rotatable bonds is 4. The van der Waals surface area contributed by atoms with E-state index in [4.69, 9.17) is 10.5 Å². The van der Waals surface area contributed by atoms with Gasteiger partial charge in [-0.3, -0.25) is 9.20 Å². The summed E-state index contributed by atoms with van der Waals surface area (Å²) in [6.45, 7) is 4.15. The number of pyridine rings is 1. The number of esters is 1. The van der Waals surface area contributed by atoms with Crippen molar-refractivity contribution >= 4 is 50.8 Å². The van der Waals surface area contributed by atoms with Crippen molar-refractivity contribution in [2.24, 2.45) is 0 Å². The summed E-state index contributed by atoms with van der Waals surface area (Å²) < 4.78 is 6.99. The summed E-state index contributed by atoms with van der Waals surface area (Å²) in [7, 11) is 0. The van der Waals surface area contributed by atoms with Crippen molar-refractivity contribution in [3.8, 4) is 0 Å². The highest BCUT2D eigenvalue weighted by Gasteiger charge is 2.28. The third kappa shape index (κ3) is 3.40. The molecular formula is C21H21N7O3S. The molecule has 0 aliphatic carbocycles. The van der Waals surface area contributed by atoms with Crippen LogP contribution in [0, 0.1) is 0 Å². The lowest BCUT2D eigenvalue weighted by molar-refractivity contribution is 0.0529. The molecule has 0 aromatic carbocycles. The zero-order valence-electron chi connectivity index (χ0n) is 17.4. The van der Waals surface area contributed by atoms with Gasteiger partial charge >= 0.3 is 5.97 Å². The van der Waals surface area contributed by atoms with Gasteiger partial charge in [0, 0.05) is 37.8 Å². The Balaban J connectivity index is 1.40. The number of imidazole rings is 1. The van der Waals surface area contributed by atoms with Crippen molar-refractivity contribution in [3.63, 3.8) is 0 Å². The summed E-state index contributed by atoms with van der Waals surface area (Å²) in [4.78, 5) is 43.0. The van der Waals surface area contributed by atoms with Crippen molar-refractivity contribution in [1.82, 2.24) is 24.3 Å². The van der Waals surface area contributed by atoms with Crippen LogP contribution in [-0.4, -0.2) is 68.9 Å². The van der Waals surface area contributed by atoms with Gasteiger partial charge in [0.25, 0.3) is 5.91 Å². The average Bonchev–Trinajstić information content (AvgIpc) is 3.43. The van der Waals surface area contributed by atoms with Crippen LogP contribution < -0.4 is 10.6 Å². The molecule has 1 saturated heterocycles. The largest absolute Gasteiger partial charge is 0.462 e. The maximum Gasteiger partial charge on any atom is 0.339 e. The standard InChI is InChI=1S/C21H21N7O3S/c1-2-31-20(30)13-12-32-18-16(13)17(24-21(22)25-18)26-7-9-27(10-8-26)19(29)14-11-23-15-5-3-4-6-28(14)15/h3-6,11-12H,2,7-10H2,1H3,(H2,22,24,25). The number of nitrogens with two attached hydrogens (primary N) is 1. The maximum absolute atomic E-state index is 13.1. The predicted molar refractivity (Wildman–Crippen MR) is 121 cm³/mol. The second-order valence-electron chi connectivity index (χ2n) is 7.31. The molecule has 4 aromatic heterocycles. The van der Waals surface area contributed by atoms with Gasteiger partial charge in [-0.05, 0) is 19.1 Å². The van der Waals surface area contributed by atoms with Crippen LogP contribution >= 0.6 is 11.3 Å². The van der Waals surface area contributed by atoms with Gasteiger partial charge in [0.1, 0.15) is 22.0 Å². The van der Waals surface area contributed by atoms with E-state index in [1.807, 2.05) is 29.3 Å². The third-order valence-corrected chi connectivity index (χ3v) is 6.30. The van der Waals surface area contributed by atoms with Gasteiger partial charge in [-0.2, -0.15) is 4.98 Å². The van der Waals surface area contributed by atoms with E-state index in [-0.39, 0.29) is 18.5 Å². The summed E-state index contributed by atoms with van der Waals surface area (Å²) in [5.74, 6) is 0.265. The number of thiophene rings is 1. The molecule has 0 atom stereocenters. The highest BCUT2D eigenvalue weighted by atomic mass is 32.1. The van der Waals surface area contributed by atoms with Crippen LogP contribution in [0.3, 0.4) is 0 Å². The molecule has 5 heterocycles. The van der Waals surface area contributed by atoms with Gasteiger partial charge in [0.2, 0.25) is 5.95 Å². The second kappa shape index (κ2) is 8.08. The summed E-state index contributed by atoms with van der Waals surface area (Å²) in [6.07, 6.45) is 3.44. The van der Waals surface area contributed by atoms with Crippen molar-refractivity contribution in [3.05, 3.63) is 47.2 Å². The first-order chi connectivity index (χ1) is 15.6. The summed E-state index contributed by atoms with van der Waals surface area (Å²) in [6, 6.07) is 5.62. The Kier molecular flexibility index (Phi) is 5.10. The van der Waals surface area contributed by atoms with Gasteiger partial charge in [-0.15, -0.1) is 11.3 Å². The van der Waals surface area contributed by atoms with E-state index in [1.54, 1.807) is 27.8 Å². The van der Waals surface area contributed by atoms with Crippen LogP contribution in [0.15, 0.2) is 36.0 Å². The van der Waals surface area contributed by atoms with Gasteiger partial charge in [-0.25, -0.2) is 14.8 Å². The fourth-order valence-electron chi connectivity index (χ4n) is 3.90. The number of anilines is 2. The Labute approximate surface area is 187 Å². The molecule has 0 unspecified atom stereocenters. The second-order valence-corrected chi connectivity index (χ2v) is 8.17. The molecule has 5 rings (SSSR count). The number of nitrogens with zero attached hydrogens (tertiary/aromatic N) is 6. The lowest BCUT2D eigenvalue weighted by Gasteiger charge is -2.35. The monoisotopic (exact) mass is 451 g/mol. The molecule has 1 aliphatic heterocycles. The molecule has 32 heavy (non-hydrogen) atoms. The molecule has 0 spiro atoms. The molecule has 2 N–H and O–H groups in total. The quantitative estimate of drug-likeness (QED) is 0.468. The lowest BCUT2D eigenvalue weighted by atomic mass is 10.2. The Bertz CT molecular complexity index is 1320. The summed E-state index contributed by atoms with van der Waals surface area (Å²) >= 11 is 1.33. The predicted octanol–water partition coefficient (Wildman–Crippen LogP) is 2.06. The van der Waals surface area contributed by atoms with Crippen LogP contribution in [-0.2, 0) is 4.74 Å². The fourth-order valence-corrected chi connectivity index (χ4v) is 4.81. The summed E-state index contributed by atoms with van der Waals surface area (Å²) in [5, 5.41) is 2.37. The Hall–Kier alpha value is -3.73. The molecule has 0 bridgehead atoms. The Morgan fingerprint density at radius 3 is 2.78 bits per heavy atom. The molecule has 0 radical (unpaired) electrons. The molecule has 4 aromatic rings. The minimum absolute atomic E-state index is 0.0709. The van der Waals surface area contributed by atoms with E-state index >= 15 is 0 Å². The molecule has 1 aliphatic rings. The minimum Gasteiger partial charge on any atom is -0.462 e. The highest BCUT2D eigenvalue weighted by molar-refractivity contribution is 7.17. The zero-order valence-corrected chi connectivity index (χ0v) is 18.2. The first-order valence-electron chi connectivity index (χ1n) is 10.2. The van der Waals surface area contributed by atoms with Crippen molar-refractivity contribution in [2.45, 2.75) is 6.92 Å². The van der Waals surface area contributed by atoms with Crippen LogP contribution in [0.1, 0.15) is 27.8 Å². The summed E-state index contributed by atoms with van der Waals surface area (Å²) in [5.41, 5.74) is 7.64. The minimum atomic E-state index is -0.408. The Morgan fingerprint density at radius 2 is 2.00 bits per heavy atom. The number of fused-ring (bicyclic) bond motifs is 2. The van der Waals surface area contributed by atoms with Crippen molar-refractivity contribution in [2.75, 3.05) is 43.4 Å². The number of hydrogen-bond acceptors (Lipinski definition) is 9. The highest BCUT2D eigenvalue weighted by Crippen LogP contribution is 2.33. The van der Waals surface area contributed by atoms with E-state index in [0.717, 1.165) is 5.65 Å². The molecular weight excluding hydrogens is 430 g/mol. The number of nitrogen functional groups attached to an aromatic ring is 1. The molecule has 1 amide bonds. The number of ether oxygens (including phenoxy) is 1. The normalized spacial score (nSPS) is 14.3. The number of hydrogen-bond donors (Lipinski definition) is 1. The van der Waals surface area contributed by atoms with Crippen LogP contribution in [0.5, 0.6) is 0 Å². The number of amides is 1. The molecule has 1 fully saturated rings. The molecule has 11 heteroatoms. The smallest absolute Gasteiger partial charge is 0.339 e. The van der Waals surface area contributed by atoms with E-state index in [2.05, 4.69) is 15.0 Å². The van der Waals surface area contributed by atoms with Gasteiger partial charge in [0.05, 0.1) is 23.8 Å². The van der Waals surface area contributed by atoms with E-state index in [1.165, 1.54) is 11.3 Å². The van der Waals surface area contributed by atoms with Gasteiger partial charge in [-0.1, -0.05) is 6.07 Å². The van der Waals surface area contributed by atoms with E-state index in [9.17, 15) is 9.59 Å². The van der Waals surface area contributed by atoms with Gasteiger partial charge < -0.3 is 20.3 Å². The average molecular weight is 452 g/mol. The van der Waals surface area contributed by atoms with E-state index < -0.39 is 5.97 Å². The maximum atomic E-state index is 13.1. The number of carbonyl (C=O) groups is 2. The molecule has 0 saturated carbocycles. The number of aromatic nitrogens is 4. The van der Waals surface area contributed by atoms with Crippen LogP contribution in [0.2, 0.25) is 0 Å². The molecule has 10 nitrogen and oxygen atoms in total. The Morgan fingerprint density at radius 1 is 1.19 bits per heavy atom. The first kappa shape index (κ1) is 20.2. The van der Waals surface area contributed by atoms with E-state index in [0.29, 0.717) is 53.5 Å². The zero-order chi connectivity index (χ0) is 22.2. The lowest BCUT2D eigenvalue weighted by Crippen LogP contribution is -2.49. The molecule has 164 valence electrons. The topological polar surface area (TPSA) is 119 Å². The SMILES string of the molecule is CCOC(=O)c1csc2nc(N)nc(N3CCN(C(=O)c4cnc5ccccn45)CC3)c12.